The zero-order valence-electron chi connectivity index (χ0n) is 18.5. The lowest BCUT2D eigenvalue weighted by Crippen LogP contribution is -2.43. The van der Waals surface area contributed by atoms with Gasteiger partial charge in [0.25, 0.3) is 5.91 Å². The molecule has 0 radical (unpaired) electrons. The highest BCUT2D eigenvalue weighted by atomic mass is 79.9. The molecule has 0 N–H and O–H groups in total. The van der Waals surface area contributed by atoms with Gasteiger partial charge < -0.3 is 14.5 Å². The number of rotatable bonds is 4. The van der Waals surface area contributed by atoms with Crippen molar-refractivity contribution in [2.75, 3.05) is 13.6 Å². The third-order valence-electron chi connectivity index (χ3n) is 6.04. The Kier molecular flexibility index (Phi) is 5.62. The van der Waals surface area contributed by atoms with Crippen LogP contribution in [0.25, 0.3) is 0 Å². The number of ether oxygens (including phenoxy) is 1. The summed E-state index contributed by atoms with van der Waals surface area (Å²) in [7, 11) is 1.88. The normalized spacial score (nSPS) is 17.1. The van der Waals surface area contributed by atoms with E-state index < -0.39 is 5.60 Å². The Morgan fingerprint density at radius 2 is 1.87 bits per heavy atom. The van der Waals surface area contributed by atoms with Crippen molar-refractivity contribution >= 4 is 27.9 Å². The Morgan fingerprint density at radius 1 is 1.19 bits per heavy atom. The number of amides is 2. The molecule has 1 aliphatic heterocycles. The first-order chi connectivity index (χ1) is 14.6. The van der Waals surface area contributed by atoms with Gasteiger partial charge in [0, 0.05) is 23.6 Å². The Balaban J connectivity index is 1.50. The molecule has 7 nitrogen and oxygen atoms in total. The van der Waals surface area contributed by atoms with Gasteiger partial charge in [-0.05, 0) is 57.7 Å². The summed E-state index contributed by atoms with van der Waals surface area (Å²) >= 11 is 3.47. The molecule has 2 amide bonds. The number of likely N-dealkylation sites (N-methyl/N-ethyl adjacent to an activating group) is 1. The summed E-state index contributed by atoms with van der Waals surface area (Å²) in [6.07, 6.45) is 4.08. The van der Waals surface area contributed by atoms with Gasteiger partial charge in [0.05, 0.1) is 30.5 Å². The van der Waals surface area contributed by atoms with Crippen LogP contribution in [0.3, 0.4) is 0 Å². The largest absolute Gasteiger partial charge is 0.444 e. The minimum Gasteiger partial charge on any atom is -0.444 e. The summed E-state index contributed by atoms with van der Waals surface area (Å²) < 4.78 is 8.39. The van der Waals surface area contributed by atoms with E-state index in [1.165, 1.54) is 5.56 Å². The van der Waals surface area contributed by atoms with Crippen LogP contribution in [-0.4, -0.2) is 56.3 Å². The predicted octanol–water partition coefficient (Wildman–Crippen LogP) is 4.24. The zero-order chi connectivity index (χ0) is 22.4. The summed E-state index contributed by atoms with van der Waals surface area (Å²) in [6, 6.07) is 8.27. The number of fused-ring (bicyclic) bond motifs is 1. The quantitative estimate of drug-likeness (QED) is 0.645. The third kappa shape index (κ3) is 4.63. The third-order valence-corrected chi connectivity index (χ3v) is 6.57. The SMILES string of the molecule is CN(C(=O)c1cnn2c1CN(C(=O)OC(C)(C)C)CC2)C1(Cc2ccc(Br)cc2)CC1. The molecule has 4 rings (SSSR count). The topological polar surface area (TPSA) is 67.7 Å². The standard InChI is InChI=1S/C23H29BrN4O3/c1-22(2,3)31-21(30)27-11-12-28-19(15-27)18(14-25-28)20(29)26(4)23(9-10-23)13-16-5-7-17(24)8-6-16/h5-8,14H,9-13,15H2,1-4H3. The van der Waals surface area contributed by atoms with Crippen LogP contribution in [0, 0.1) is 0 Å². The highest BCUT2D eigenvalue weighted by molar-refractivity contribution is 9.10. The van der Waals surface area contributed by atoms with Gasteiger partial charge in [-0.25, -0.2) is 4.79 Å². The van der Waals surface area contributed by atoms with Crippen LogP contribution in [0.5, 0.6) is 0 Å². The maximum atomic E-state index is 13.4. The fourth-order valence-electron chi connectivity index (χ4n) is 4.06. The van der Waals surface area contributed by atoms with Gasteiger partial charge in [0.2, 0.25) is 0 Å². The van der Waals surface area contributed by atoms with Crippen molar-refractivity contribution in [3.05, 3.63) is 51.8 Å². The molecule has 1 aromatic heterocycles. The number of aromatic nitrogens is 2. The molecule has 1 aromatic carbocycles. The highest BCUT2D eigenvalue weighted by Crippen LogP contribution is 2.44. The first-order valence-electron chi connectivity index (χ1n) is 10.6. The van der Waals surface area contributed by atoms with E-state index in [0.29, 0.717) is 25.2 Å². The molecule has 0 bridgehead atoms. The van der Waals surface area contributed by atoms with Gasteiger partial charge in [-0.3, -0.25) is 9.48 Å². The van der Waals surface area contributed by atoms with Crippen LogP contribution >= 0.6 is 15.9 Å². The molecule has 0 spiro atoms. The van der Waals surface area contributed by atoms with Gasteiger partial charge >= 0.3 is 6.09 Å². The van der Waals surface area contributed by atoms with Crippen molar-refractivity contribution in [3.63, 3.8) is 0 Å². The van der Waals surface area contributed by atoms with E-state index in [1.807, 2.05) is 49.5 Å². The lowest BCUT2D eigenvalue weighted by Gasteiger charge is -2.32. The van der Waals surface area contributed by atoms with E-state index in [2.05, 4.69) is 33.2 Å². The molecule has 0 atom stereocenters. The summed E-state index contributed by atoms with van der Waals surface area (Å²) in [5, 5.41) is 4.41. The molecule has 1 fully saturated rings. The average Bonchev–Trinajstić information content (AvgIpc) is 3.37. The number of benzene rings is 1. The summed E-state index contributed by atoms with van der Waals surface area (Å²) in [4.78, 5) is 29.5. The Morgan fingerprint density at radius 3 is 2.48 bits per heavy atom. The van der Waals surface area contributed by atoms with Crippen molar-refractivity contribution in [2.45, 2.75) is 64.3 Å². The van der Waals surface area contributed by atoms with E-state index in [0.717, 1.165) is 29.4 Å². The van der Waals surface area contributed by atoms with Gasteiger partial charge in [-0.2, -0.15) is 5.10 Å². The minimum absolute atomic E-state index is 0.0399. The fraction of sp³-hybridized carbons (Fsp3) is 0.522. The minimum atomic E-state index is -0.557. The van der Waals surface area contributed by atoms with E-state index in [4.69, 9.17) is 4.74 Å². The molecular weight excluding hydrogens is 460 g/mol. The number of carbonyl (C=O) groups is 2. The second-order valence-electron chi connectivity index (χ2n) is 9.52. The molecular formula is C23H29BrN4O3. The second-order valence-corrected chi connectivity index (χ2v) is 10.4. The van der Waals surface area contributed by atoms with E-state index in [1.54, 1.807) is 11.1 Å². The van der Waals surface area contributed by atoms with Crippen molar-refractivity contribution in [1.82, 2.24) is 19.6 Å². The zero-order valence-corrected chi connectivity index (χ0v) is 20.1. The second kappa shape index (κ2) is 7.97. The van der Waals surface area contributed by atoms with Crippen molar-refractivity contribution in [2.24, 2.45) is 0 Å². The lowest BCUT2D eigenvalue weighted by atomic mass is 10.0. The Hall–Kier alpha value is -2.35. The Labute approximate surface area is 191 Å². The van der Waals surface area contributed by atoms with Crippen LogP contribution < -0.4 is 0 Å². The number of hydrogen-bond acceptors (Lipinski definition) is 4. The number of carbonyl (C=O) groups excluding carboxylic acids is 2. The van der Waals surface area contributed by atoms with Gasteiger partial charge in [-0.1, -0.05) is 28.1 Å². The lowest BCUT2D eigenvalue weighted by molar-refractivity contribution is 0.0192. The monoisotopic (exact) mass is 488 g/mol. The molecule has 0 unspecified atom stereocenters. The molecule has 0 saturated heterocycles. The van der Waals surface area contributed by atoms with Crippen LogP contribution in [0.1, 0.15) is 55.2 Å². The van der Waals surface area contributed by atoms with Crippen LogP contribution in [-0.2, 0) is 24.2 Å². The molecule has 2 aliphatic rings. The van der Waals surface area contributed by atoms with Gasteiger partial charge in [-0.15, -0.1) is 0 Å². The molecule has 8 heteroatoms. The number of nitrogens with zero attached hydrogens (tertiary/aromatic N) is 4. The molecule has 166 valence electrons. The summed E-state index contributed by atoms with van der Waals surface area (Å²) in [5.41, 5.74) is 1.85. The maximum absolute atomic E-state index is 13.4. The fourth-order valence-corrected chi connectivity index (χ4v) is 4.32. The maximum Gasteiger partial charge on any atom is 0.410 e. The van der Waals surface area contributed by atoms with Crippen molar-refractivity contribution in [1.29, 1.82) is 0 Å². The molecule has 2 aromatic rings. The van der Waals surface area contributed by atoms with Gasteiger partial charge in [0.15, 0.2) is 0 Å². The van der Waals surface area contributed by atoms with E-state index in [-0.39, 0.29) is 17.5 Å². The molecule has 1 saturated carbocycles. The molecule has 2 heterocycles. The summed E-state index contributed by atoms with van der Waals surface area (Å²) in [6.45, 7) is 6.94. The van der Waals surface area contributed by atoms with E-state index in [9.17, 15) is 9.59 Å². The van der Waals surface area contributed by atoms with Crippen LogP contribution in [0.15, 0.2) is 34.9 Å². The molecule has 1 aliphatic carbocycles. The first kappa shape index (κ1) is 21.9. The van der Waals surface area contributed by atoms with Crippen molar-refractivity contribution < 1.29 is 14.3 Å². The number of halogens is 1. The molecule has 31 heavy (non-hydrogen) atoms. The number of hydrogen-bond donors (Lipinski definition) is 0. The van der Waals surface area contributed by atoms with Crippen LogP contribution in [0.2, 0.25) is 0 Å². The van der Waals surface area contributed by atoms with Crippen molar-refractivity contribution in [3.8, 4) is 0 Å². The average molecular weight is 489 g/mol. The predicted molar refractivity (Wildman–Crippen MR) is 121 cm³/mol. The Bertz CT molecular complexity index is 989. The smallest absolute Gasteiger partial charge is 0.410 e. The van der Waals surface area contributed by atoms with E-state index >= 15 is 0 Å². The highest BCUT2D eigenvalue weighted by Gasteiger charge is 2.49. The summed E-state index contributed by atoms with van der Waals surface area (Å²) in [5.74, 6) is -0.0399. The van der Waals surface area contributed by atoms with Crippen LogP contribution in [0.4, 0.5) is 4.79 Å². The first-order valence-corrected chi connectivity index (χ1v) is 11.4. The van der Waals surface area contributed by atoms with Gasteiger partial charge in [0.1, 0.15) is 5.60 Å².